The average molecular weight is 182 g/mol. The van der Waals surface area contributed by atoms with Gasteiger partial charge in [0.1, 0.15) is 5.88 Å². The van der Waals surface area contributed by atoms with Gasteiger partial charge in [0.2, 0.25) is 5.91 Å². The maximum absolute atomic E-state index is 10.8. The van der Waals surface area contributed by atoms with Crippen molar-refractivity contribution in [1.82, 2.24) is 4.90 Å². The number of hydrogen-bond acceptors (Lipinski definition) is 1. The molecular formula is C6H9Cl2NO. The summed E-state index contributed by atoms with van der Waals surface area (Å²) in [5.74, 6) is -0.197. The predicted molar refractivity (Wildman–Crippen MR) is 43.4 cm³/mol. The van der Waals surface area contributed by atoms with Crippen LogP contribution in [0, 0.1) is 0 Å². The molecule has 10 heavy (non-hydrogen) atoms. The van der Waals surface area contributed by atoms with E-state index in [0.29, 0.717) is 6.54 Å². The Morgan fingerprint density at radius 1 is 1.60 bits per heavy atom. The molecule has 0 saturated heterocycles. The topological polar surface area (TPSA) is 20.3 Å². The standard InChI is InChI=1S/C6H9Cl2NO/c1-2-3-9(5-8)6(10)4-7/h2H,1,3-5H2. The summed E-state index contributed by atoms with van der Waals surface area (Å²) < 4.78 is 0. The fraction of sp³-hybridized carbons (Fsp3) is 0.500. The molecule has 0 unspecified atom stereocenters. The van der Waals surface area contributed by atoms with Gasteiger partial charge in [-0.2, -0.15) is 0 Å². The number of carbonyl (C=O) groups is 1. The molecule has 0 saturated carbocycles. The zero-order chi connectivity index (χ0) is 7.98. The zero-order valence-electron chi connectivity index (χ0n) is 5.52. The Bertz CT molecular complexity index is 127. The molecule has 58 valence electrons. The third kappa shape index (κ3) is 3.08. The molecule has 2 nitrogen and oxygen atoms in total. The van der Waals surface area contributed by atoms with Crippen molar-refractivity contribution >= 4 is 29.1 Å². The molecule has 0 aliphatic heterocycles. The molecule has 0 aliphatic rings. The maximum Gasteiger partial charge on any atom is 0.238 e. The van der Waals surface area contributed by atoms with Crippen molar-refractivity contribution in [1.29, 1.82) is 0 Å². The van der Waals surface area contributed by atoms with Crippen LogP contribution in [0.15, 0.2) is 12.7 Å². The molecule has 0 radical (unpaired) electrons. The molecule has 0 heterocycles. The SMILES string of the molecule is C=CCN(CCl)C(=O)CCl. The Morgan fingerprint density at radius 3 is 2.50 bits per heavy atom. The van der Waals surface area contributed by atoms with E-state index in [4.69, 9.17) is 23.2 Å². The van der Waals surface area contributed by atoms with Gasteiger partial charge in [-0.1, -0.05) is 6.08 Å². The van der Waals surface area contributed by atoms with E-state index in [0.717, 1.165) is 0 Å². The molecule has 0 aromatic heterocycles. The summed E-state index contributed by atoms with van der Waals surface area (Å²) >= 11 is 10.7. The van der Waals surface area contributed by atoms with E-state index in [-0.39, 0.29) is 17.8 Å². The molecule has 0 N–H and O–H groups in total. The molecule has 0 rings (SSSR count). The van der Waals surface area contributed by atoms with Crippen LogP contribution < -0.4 is 0 Å². The molecular weight excluding hydrogens is 173 g/mol. The Labute approximate surface area is 70.4 Å². The smallest absolute Gasteiger partial charge is 0.238 e. The first-order valence-electron chi connectivity index (χ1n) is 2.76. The number of halogens is 2. The lowest BCUT2D eigenvalue weighted by Crippen LogP contribution is -2.30. The second kappa shape index (κ2) is 5.57. The van der Waals surface area contributed by atoms with E-state index >= 15 is 0 Å². The summed E-state index contributed by atoms with van der Waals surface area (Å²) in [6.07, 6.45) is 1.60. The number of nitrogens with zero attached hydrogens (tertiary/aromatic N) is 1. The number of amides is 1. The summed E-state index contributed by atoms with van der Waals surface area (Å²) in [4.78, 5) is 12.2. The molecule has 0 fully saturated rings. The normalized spacial score (nSPS) is 9.00. The van der Waals surface area contributed by atoms with Crippen LogP contribution in [-0.2, 0) is 4.79 Å². The first kappa shape index (κ1) is 9.79. The van der Waals surface area contributed by atoms with Crippen LogP contribution in [0.1, 0.15) is 0 Å². The van der Waals surface area contributed by atoms with Gasteiger partial charge in [0.25, 0.3) is 0 Å². The summed E-state index contributed by atoms with van der Waals surface area (Å²) in [6.45, 7) is 3.92. The van der Waals surface area contributed by atoms with Crippen molar-refractivity contribution in [3.63, 3.8) is 0 Å². The monoisotopic (exact) mass is 181 g/mol. The Hall–Kier alpha value is -0.210. The largest absolute Gasteiger partial charge is 0.324 e. The van der Waals surface area contributed by atoms with E-state index in [1.165, 1.54) is 4.90 Å². The van der Waals surface area contributed by atoms with Gasteiger partial charge < -0.3 is 4.90 Å². The average Bonchev–Trinajstić information content (AvgIpc) is 1.99. The quantitative estimate of drug-likeness (QED) is 0.366. The lowest BCUT2D eigenvalue weighted by molar-refractivity contribution is -0.127. The van der Waals surface area contributed by atoms with Crippen molar-refractivity contribution < 1.29 is 4.79 Å². The third-order valence-corrected chi connectivity index (χ3v) is 1.48. The van der Waals surface area contributed by atoms with E-state index in [2.05, 4.69) is 6.58 Å². The Balaban J connectivity index is 3.79. The maximum atomic E-state index is 10.8. The highest BCUT2D eigenvalue weighted by Gasteiger charge is 2.07. The lowest BCUT2D eigenvalue weighted by Gasteiger charge is -2.15. The summed E-state index contributed by atoms with van der Waals surface area (Å²) in [5.41, 5.74) is 0. The molecule has 0 aliphatic carbocycles. The minimum Gasteiger partial charge on any atom is -0.324 e. The van der Waals surface area contributed by atoms with Crippen LogP contribution in [0.25, 0.3) is 0 Å². The highest BCUT2D eigenvalue weighted by atomic mass is 35.5. The van der Waals surface area contributed by atoms with Crippen LogP contribution in [0.3, 0.4) is 0 Å². The summed E-state index contributed by atoms with van der Waals surface area (Å²) in [6, 6.07) is 0.164. The third-order valence-electron chi connectivity index (χ3n) is 0.961. The van der Waals surface area contributed by atoms with Crippen LogP contribution in [0.2, 0.25) is 0 Å². The van der Waals surface area contributed by atoms with Crippen LogP contribution in [0.5, 0.6) is 0 Å². The number of rotatable bonds is 4. The molecule has 0 spiro atoms. The van der Waals surface area contributed by atoms with Crippen LogP contribution >= 0.6 is 23.2 Å². The molecule has 0 aromatic rings. The minimum atomic E-state index is -0.170. The van der Waals surface area contributed by atoms with Gasteiger partial charge in [0.15, 0.2) is 0 Å². The first-order chi connectivity index (χ1) is 4.76. The van der Waals surface area contributed by atoms with Crippen molar-refractivity contribution in [3.05, 3.63) is 12.7 Å². The van der Waals surface area contributed by atoms with Gasteiger partial charge in [-0.15, -0.1) is 29.8 Å². The van der Waals surface area contributed by atoms with Crippen LogP contribution in [-0.4, -0.2) is 29.2 Å². The van der Waals surface area contributed by atoms with Crippen molar-refractivity contribution in [2.45, 2.75) is 0 Å². The van der Waals surface area contributed by atoms with E-state index in [1.807, 2.05) is 0 Å². The minimum absolute atomic E-state index is 0.0272. The highest BCUT2D eigenvalue weighted by Crippen LogP contribution is 1.94. The summed E-state index contributed by atoms with van der Waals surface area (Å²) in [5, 5.41) is 0. The number of carbonyl (C=O) groups excluding carboxylic acids is 1. The Kier molecular flexibility index (Phi) is 5.45. The van der Waals surface area contributed by atoms with E-state index in [1.54, 1.807) is 6.08 Å². The van der Waals surface area contributed by atoms with E-state index in [9.17, 15) is 4.79 Å². The van der Waals surface area contributed by atoms with Crippen LogP contribution in [0.4, 0.5) is 0 Å². The van der Waals surface area contributed by atoms with Crippen molar-refractivity contribution in [3.8, 4) is 0 Å². The van der Waals surface area contributed by atoms with Gasteiger partial charge >= 0.3 is 0 Å². The van der Waals surface area contributed by atoms with Gasteiger partial charge in [-0.05, 0) is 0 Å². The fourth-order valence-corrected chi connectivity index (χ4v) is 0.858. The molecule has 0 aromatic carbocycles. The molecule has 0 bridgehead atoms. The van der Waals surface area contributed by atoms with Gasteiger partial charge in [-0.25, -0.2) is 0 Å². The first-order valence-corrected chi connectivity index (χ1v) is 3.83. The number of alkyl halides is 2. The molecule has 1 amide bonds. The molecule has 0 atom stereocenters. The second-order valence-electron chi connectivity index (χ2n) is 1.66. The van der Waals surface area contributed by atoms with Gasteiger partial charge in [0, 0.05) is 6.54 Å². The second-order valence-corrected chi connectivity index (χ2v) is 2.16. The lowest BCUT2D eigenvalue weighted by atomic mass is 10.5. The predicted octanol–water partition coefficient (Wildman–Crippen LogP) is 1.44. The Morgan fingerprint density at radius 2 is 2.20 bits per heavy atom. The number of hydrogen-bond donors (Lipinski definition) is 0. The highest BCUT2D eigenvalue weighted by molar-refractivity contribution is 6.28. The summed E-state index contributed by atoms with van der Waals surface area (Å²) in [7, 11) is 0. The van der Waals surface area contributed by atoms with Gasteiger partial charge in [-0.3, -0.25) is 4.79 Å². The van der Waals surface area contributed by atoms with Gasteiger partial charge in [0.05, 0.1) is 6.00 Å². The van der Waals surface area contributed by atoms with E-state index < -0.39 is 0 Å². The van der Waals surface area contributed by atoms with Crippen molar-refractivity contribution in [2.24, 2.45) is 0 Å². The zero-order valence-corrected chi connectivity index (χ0v) is 7.03. The van der Waals surface area contributed by atoms with Crippen molar-refractivity contribution in [2.75, 3.05) is 18.4 Å². The molecule has 4 heteroatoms. The fourth-order valence-electron chi connectivity index (χ4n) is 0.458.